The number of nitrogens with two attached hydrogens (primary N) is 1. The van der Waals surface area contributed by atoms with Gasteiger partial charge in [-0.2, -0.15) is 0 Å². The molecule has 1 aromatic carbocycles. The molecule has 0 aliphatic carbocycles. The summed E-state index contributed by atoms with van der Waals surface area (Å²) in [4.78, 5) is 0. The second-order valence-corrected chi connectivity index (χ2v) is 3.34. The smallest absolute Gasteiger partial charge is 0.0479 e. The van der Waals surface area contributed by atoms with Crippen LogP contribution in [0.15, 0.2) is 18.2 Å². The lowest BCUT2D eigenvalue weighted by molar-refractivity contribution is 0.198. The van der Waals surface area contributed by atoms with E-state index in [9.17, 15) is 0 Å². The van der Waals surface area contributed by atoms with Gasteiger partial charge in [0, 0.05) is 31.6 Å². The maximum absolute atomic E-state index is 5.79. The molecule has 0 heterocycles. The fourth-order valence-electron chi connectivity index (χ4n) is 1.20. The van der Waals surface area contributed by atoms with E-state index in [4.69, 9.17) is 10.5 Å². The van der Waals surface area contributed by atoms with Crippen LogP contribution in [0, 0.1) is 6.92 Å². The van der Waals surface area contributed by atoms with Gasteiger partial charge in [0.2, 0.25) is 0 Å². The lowest BCUT2D eigenvalue weighted by Gasteiger charge is -2.07. The van der Waals surface area contributed by atoms with Crippen molar-refractivity contribution in [3.63, 3.8) is 0 Å². The molecule has 78 valence electrons. The van der Waals surface area contributed by atoms with Gasteiger partial charge in [-0.15, -0.1) is 0 Å². The van der Waals surface area contributed by atoms with Crippen molar-refractivity contribution >= 4 is 11.4 Å². The van der Waals surface area contributed by atoms with Crippen LogP contribution in [0.25, 0.3) is 0 Å². The molecule has 0 saturated carbocycles. The van der Waals surface area contributed by atoms with E-state index in [1.54, 1.807) is 7.11 Å². The Hall–Kier alpha value is -1.22. The van der Waals surface area contributed by atoms with Crippen LogP contribution in [0.5, 0.6) is 0 Å². The molecule has 0 aliphatic rings. The lowest BCUT2D eigenvalue weighted by Crippen LogP contribution is -2.05. The van der Waals surface area contributed by atoms with Crippen molar-refractivity contribution in [3.05, 3.63) is 23.8 Å². The second kappa shape index (κ2) is 5.50. The fourth-order valence-corrected chi connectivity index (χ4v) is 1.20. The van der Waals surface area contributed by atoms with Crippen molar-refractivity contribution in [1.29, 1.82) is 0 Å². The van der Waals surface area contributed by atoms with Gasteiger partial charge in [0.1, 0.15) is 0 Å². The molecule has 1 aromatic rings. The summed E-state index contributed by atoms with van der Waals surface area (Å²) >= 11 is 0. The predicted molar refractivity (Wildman–Crippen MR) is 60.6 cm³/mol. The Morgan fingerprint density at radius 2 is 2.21 bits per heavy atom. The van der Waals surface area contributed by atoms with E-state index in [0.29, 0.717) is 0 Å². The summed E-state index contributed by atoms with van der Waals surface area (Å²) in [5.41, 5.74) is 8.81. The molecule has 0 aromatic heterocycles. The van der Waals surface area contributed by atoms with E-state index in [0.717, 1.165) is 36.5 Å². The molecular weight excluding hydrogens is 176 g/mol. The Bertz CT molecular complexity index is 287. The average Bonchev–Trinajstić information content (AvgIpc) is 2.18. The number of nitrogen functional groups attached to an aromatic ring is 1. The molecule has 0 unspecified atom stereocenters. The number of ether oxygens (including phenoxy) is 1. The lowest BCUT2D eigenvalue weighted by atomic mass is 10.2. The van der Waals surface area contributed by atoms with Crippen molar-refractivity contribution in [1.82, 2.24) is 0 Å². The minimum atomic E-state index is 0.786. The zero-order valence-corrected chi connectivity index (χ0v) is 8.84. The Morgan fingerprint density at radius 3 is 2.86 bits per heavy atom. The third kappa shape index (κ3) is 3.26. The molecule has 3 nitrogen and oxygen atoms in total. The molecule has 0 aliphatic heterocycles. The van der Waals surface area contributed by atoms with Crippen LogP contribution in [0.3, 0.4) is 0 Å². The maximum Gasteiger partial charge on any atom is 0.0479 e. The molecule has 3 N–H and O–H groups in total. The highest BCUT2D eigenvalue weighted by atomic mass is 16.5. The molecule has 0 fully saturated rings. The van der Waals surface area contributed by atoms with Gasteiger partial charge < -0.3 is 15.8 Å². The van der Waals surface area contributed by atoms with Gasteiger partial charge in [-0.3, -0.25) is 0 Å². The third-order valence-electron chi connectivity index (χ3n) is 2.13. The first kappa shape index (κ1) is 10.9. The minimum absolute atomic E-state index is 0.786. The fraction of sp³-hybridized carbons (Fsp3) is 0.455. The monoisotopic (exact) mass is 194 g/mol. The normalized spacial score (nSPS) is 10.1. The van der Waals surface area contributed by atoms with Crippen molar-refractivity contribution < 1.29 is 4.74 Å². The van der Waals surface area contributed by atoms with Gasteiger partial charge in [0.15, 0.2) is 0 Å². The number of rotatable bonds is 5. The molecule has 0 radical (unpaired) electrons. The highest BCUT2D eigenvalue weighted by molar-refractivity contribution is 5.58. The molecule has 0 spiro atoms. The van der Waals surface area contributed by atoms with Crippen LogP contribution in [-0.4, -0.2) is 20.3 Å². The van der Waals surface area contributed by atoms with E-state index in [-0.39, 0.29) is 0 Å². The summed E-state index contributed by atoms with van der Waals surface area (Å²) in [7, 11) is 1.71. The molecule has 0 amide bonds. The van der Waals surface area contributed by atoms with Gasteiger partial charge in [-0.05, 0) is 31.0 Å². The Morgan fingerprint density at radius 1 is 1.43 bits per heavy atom. The number of hydrogen-bond donors (Lipinski definition) is 2. The van der Waals surface area contributed by atoms with Crippen molar-refractivity contribution in [3.8, 4) is 0 Å². The summed E-state index contributed by atoms with van der Waals surface area (Å²) in [6.45, 7) is 3.70. The predicted octanol–water partition coefficient (Wildman–Crippen LogP) is 2.03. The van der Waals surface area contributed by atoms with Gasteiger partial charge in [-0.1, -0.05) is 6.07 Å². The van der Waals surface area contributed by atoms with Gasteiger partial charge >= 0.3 is 0 Å². The van der Waals surface area contributed by atoms with E-state index in [1.807, 2.05) is 25.1 Å². The van der Waals surface area contributed by atoms with Crippen molar-refractivity contribution in [2.24, 2.45) is 0 Å². The maximum atomic E-state index is 5.79. The Balaban J connectivity index is 2.39. The van der Waals surface area contributed by atoms with Crippen molar-refractivity contribution in [2.75, 3.05) is 31.3 Å². The topological polar surface area (TPSA) is 47.3 Å². The number of methoxy groups -OCH3 is 1. The number of aryl methyl sites for hydroxylation is 1. The summed E-state index contributed by atoms with van der Waals surface area (Å²) in [6, 6.07) is 6.02. The largest absolute Gasteiger partial charge is 0.398 e. The number of anilines is 2. The number of nitrogens with one attached hydrogen (secondary N) is 1. The quantitative estimate of drug-likeness (QED) is 0.557. The van der Waals surface area contributed by atoms with Crippen molar-refractivity contribution in [2.45, 2.75) is 13.3 Å². The second-order valence-electron chi connectivity index (χ2n) is 3.34. The molecule has 0 saturated heterocycles. The Labute approximate surface area is 85.3 Å². The average molecular weight is 194 g/mol. The summed E-state index contributed by atoms with van der Waals surface area (Å²) < 4.78 is 4.96. The minimum Gasteiger partial charge on any atom is -0.398 e. The summed E-state index contributed by atoms with van der Waals surface area (Å²) in [5.74, 6) is 0. The van der Waals surface area contributed by atoms with Crippen LogP contribution >= 0.6 is 0 Å². The third-order valence-corrected chi connectivity index (χ3v) is 2.13. The van der Waals surface area contributed by atoms with Gasteiger partial charge in [0.05, 0.1) is 0 Å². The van der Waals surface area contributed by atoms with Crippen LogP contribution in [0.4, 0.5) is 11.4 Å². The Kier molecular flexibility index (Phi) is 4.26. The van der Waals surface area contributed by atoms with Crippen LogP contribution in [0.2, 0.25) is 0 Å². The van der Waals surface area contributed by atoms with Gasteiger partial charge in [0.25, 0.3) is 0 Å². The first-order chi connectivity index (χ1) is 6.74. The van der Waals surface area contributed by atoms with E-state index >= 15 is 0 Å². The van der Waals surface area contributed by atoms with Crippen LogP contribution < -0.4 is 11.1 Å². The van der Waals surface area contributed by atoms with E-state index in [1.165, 1.54) is 0 Å². The van der Waals surface area contributed by atoms with Crippen LogP contribution in [-0.2, 0) is 4.74 Å². The SMILES string of the molecule is COCCCNc1ccc(C)c(N)c1. The molecule has 0 bridgehead atoms. The molecular formula is C11H18N2O. The standard InChI is InChI=1S/C11H18N2O/c1-9-4-5-10(8-11(9)12)13-6-3-7-14-2/h4-5,8,13H,3,6-7,12H2,1-2H3. The molecule has 0 atom stereocenters. The number of hydrogen-bond acceptors (Lipinski definition) is 3. The highest BCUT2D eigenvalue weighted by Gasteiger charge is 1.95. The molecule has 1 rings (SSSR count). The zero-order chi connectivity index (χ0) is 10.4. The van der Waals surface area contributed by atoms with E-state index in [2.05, 4.69) is 5.32 Å². The first-order valence-electron chi connectivity index (χ1n) is 4.83. The highest BCUT2D eigenvalue weighted by Crippen LogP contribution is 2.16. The summed E-state index contributed by atoms with van der Waals surface area (Å²) in [5, 5.41) is 3.29. The van der Waals surface area contributed by atoms with E-state index < -0.39 is 0 Å². The zero-order valence-electron chi connectivity index (χ0n) is 8.84. The first-order valence-corrected chi connectivity index (χ1v) is 4.83. The summed E-state index contributed by atoms with van der Waals surface area (Å²) in [6.07, 6.45) is 1.00. The molecule has 14 heavy (non-hydrogen) atoms. The molecule has 3 heteroatoms. The van der Waals surface area contributed by atoms with Gasteiger partial charge in [-0.25, -0.2) is 0 Å². The van der Waals surface area contributed by atoms with Crippen LogP contribution in [0.1, 0.15) is 12.0 Å². The number of benzene rings is 1.